The van der Waals surface area contributed by atoms with Gasteiger partial charge in [0.2, 0.25) is 0 Å². The number of hydrogen-bond donors (Lipinski definition) is 1. The van der Waals surface area contributed by atoms with E-state index in [0.29, 0.717) is 10.7 Å². The third kappa shape index (κ3) is 1.76. The number of aromatic nitrogens is 1. The van der Waals surface area contributed by atoms with Crippen LogP contribution in [0.2, 0.25) is 0 Å². The number of carbonyl (C=O) groups excluding carboxylic acids is 1. The molecule has 0 bridgehead atoms. The number of anilines is 1. The summed E-state index contributed by atoms with van der Waals surface area (Å²) in [5.74, 6) is -0.456. The van der Waals surface area contributed by atoms with Crippen molar-refractivity contribution in [2.45, 2.75) is 11.1 Å². The van der Waals surface area contributed by atoms with Crippen molar-refractivity contribution in [3.05, 3.63) is 22.5 Å². The largest absolute Gasteiger partial charge is 0.467 e. The van der Waals surface area contributed by atoms with E-state index in [1.165, 1.54) is 11.7 Å². The Hall–Kier alpha value is -1.63. The van der Waals surface area contributed by atoms with E-state index < -0.39 is 22.8 Å². The van der Waals surface area contributed by atoms with E-state index in [0.717, 1.165) is 0 Å². The Morgan fingerprint density at radius 1 is 1.59 bits per heavy atom. The molecule has 7 heteroatoms. The average molecular weight is 256 g/mol. The lowest BCUT2D eigenvalue weighted by molar-refractivity contribution is -0.143. The fourth-order valence-corrected chi connectivity index (χ4v) is 3.21. The van der Waals surface area contributed by atoms with Gasteiger partial charge >= 0.3 is 5.97 Å². The summed E-state index contributed by atoms with van der Waals surface area (Å²) in [6.45, 7) is 0. The number of hydrogen-bond acceptors (Lipinski definition) is 5. The molecule has 2 atom stereocenters. The summed E-state index contributed by atoms with van der Waals surface area (Å²) < 4.78 is 17.6. The Morgan fingerprint density at radius 2 is 2.29 bits per heavy atom. The van der Waals surface area contributed by atoms with Crippen molar-refractivity contribution < 1.29 is 13.7 Å². The summed E-state index contributed by atoms with van der Waals surface area (Å²) in [4.78, 5) is 23.6. The zero-order valence-electron chi connectivity index (χ0n) is 9.43. The van der Waals surface area contributed by atoms with Crippen LogP contribution in [-0.2, 0) is 20.3 Å². The van der Waals surface area contributed by atoms with Crippen LogP contribution in [0.25, 0.3) is 0 Å². The normalized spacial score (nSPS) is 22.0. The average Bonchev–Trinajstić information content (AvgIpc) is 2.67. The van der Waals surface area contributed by atoms with Crippen molar-refractivity contribution in [2.24, 2.45) is 0 Å². The number of esters is 1. The number of ether oxygens (including phenoxy) is 1. The van der Waals surface area contributed by atoms with Gasteiger partial charge in [-0.3, -0.25) is 13.6 Å². The first kappa shape index (κ1) is 11.8. The molecule has 0 amide bonds. The summed E-state index contributed by atoms with van der Waals surface area (Å²) in [6, 6.07) is 2.36. The fourth-order valence-electron chi connectivity index (χ4n) is 1.82. The SMILES string of the molecule is CNc1ccc2n(c1=O)[C@H](C(=O)OC)C[S@@]2=O. The van der Waals surface area contributed by atoms with Crippen molar-refractivity contribution in [1.82, 2.24) is 4.57 Å². The molecule has 92 valence electrons. The molecule has 0 spiro atoms. The standard InChI is InChI=1S/C10H12N2O4S/c1-11-6-3-4-8-12(9(6)13)7(5-17(8)15)10(14)16-2/h3-4,7,11H,5H2,1-2H3/t7-,17-/m0/s1. The van der Waals surface area contributed by atoms with Crippen LogP contribution in [0.3, 0.4) is 0 Å². The van der Waals surface area contributed by atoms with E-state index in [-0.39, 0.29) is 11.3 Å². The van der Waals surface area contributed by atoms with Gasteiger partial charge in [0.05, 0.1) is 23.7 Å². The fraction of sp³-hybridized carbons (Fsp3) is 0.400. The van der Waals surface area contributed by atoms with Gasteiger partial charge in [-0.1, -0.05) is 0 Å². The van der Waals surface area contributed by atoms with Crippen molar-refractivity contribution >= 4 is 22.5 Å². The third-order valence-corrected chi connectivity index (χ3v) is 4.09. The van der Waals surface area contributed by atoms with Crippen molar-refractivity contribution in [2.75, 3.05) is 25.2 Å². The lowest BCUT2D eigenvalue weighted by atomic mass is 10.3. The summed E-state index contributed by atoms with van der Waals surface area (Å²) >= 11 is 0. The topological polar surface area (TPSA) is 77.4 Å². The summed E-state index contributed by atoms with van der Waals surface area (Å²) in [7, 11) is 1.52. The molecule has 0 radical (unpaired) electrons. The van der Waals surface area contributed by atoms with Gasteiger partial charge < -0.3 is 10.1 Å². The Kier molecular flexibility index (Phi) is 3.01. The van der Waals surface area contributed by atoms with Crippen molar-refractivity contribution in [3.8, 4) is 0 Å². The second-order valence-electron chi connectivity index (χ2n) is 3.56. The monoisotopic (exact) mass is 256 g/mol. The molecular weight excluding hydrogens is 244 g/mol. The molecule has 2 heterocycles. The number of pyridine rings is 1. The van der Waals surface area contributed by atoms with E-state index in [4.69, 9.17) is 0 Å². The van der Waals surface area contributed by atoms with Gasteiger partial charge in [0.25, 0.3) is 5.56 Å². The third-order valence-electron chi connectivity index (χ3n) is 2.68. The predicted octanol–water partition coefficient (Wildman–Crippen LogP) is -0.275. The number of methoxy groups -OCH3 is 1. The number of carbonyl (C=O) groups is 1. The molecule has 0 fully saturated rings. The van der Waals surface area contributed by atoms with Crippen LogP contribution in [0, 0.1) is 0 Å². The molecule has 1 aromatic rings. The van der Waals surface area contributed by atoms with Gasteiger partial charge in [-0.05, 0) is 12.1 Å². The maximum Gasteiger partial charge on any atom is 0.329 e. The maximum absolute atomic E-state index is 12.0. The van der Waals surface area contributed by atoms with Crippen LogP contribution in [-0.4, -0.2) is 34.7 Å². The molecular formula is C10H12N2O4S. The first-order valence-corrected chi connectivity index (χ1v) is 6.31. The highest BCUT2D eigenvalue weighted by molar-refractivity contribution is 7.85. The van der Waals surface area contributed by atoms with Crippen LogP contribution in [0.4, 0.5) is 5.69 Å². The van der Waals surface area contributed by atoms with Gasteiger partial charge in [0, 0.05) is 7.05 Å². The molecule has 1 N–H and O–H groups in total. The zero-order valence-corrected chi connectivity index (χ0v) is 10.2. The highest BCUT2D eigenvalue weighted by atomic mass is 32.2. The summed E-state index contributed by atoms with van der Waals surface area (Å²) in [5.41, 5.74) is 0.00723. The number of nitrogens with one attached hydrogen (secondary N) is 1. The van der Waals surface area contributed by atoms with Crippen LogP contribution in [0.1, 0.15) is 6.04 Å². The number of rotatable bonds is 2. The molecule has 2 rings (SSSR count). The van der Waals surface area contributed by atoms with Crippen molar-refractivity contribution in [1.29, 1.82) is 0 Å². The quantitative estimate of drug-likeness (QED) is 0.737. The summed E-state index contributed by atoms with van der Waals surface area (Å²) in [6.07, 6.45) is 0. The zero-order chi connectivity index (χ0) is 12.6. The van der Waals surface area contributed by atoms with E-state index in [1.807, 2.05) is 0 Å². The molecule has 1 aliphatic heterocycles. The van der Waals surface area contributed by atoms with Gasteiger partial charge in [-0.2, -0.15) is 0 Å². The van der Waals surface area contributed by atoms with Gasteiger partial charge in [-0.15, -0.1) is 0 Å². The second kappa shape index (κ2) is 4.33. The van der Waals surface area contributed by atoms with Crippen LogP contribution in [0.15, 0.2) is 22.0 Å². The van der Waals surface area contributed by atoms with Crippen molar-refractivity contribution in [3.63, 3.8) is 0 Å². The Labute approximate surface area is 100 Å². The van der Waals surface area contributed by atoms with E-state index in [1.54, 1.807) is 19.2 Å². The maximum atomic E-state index is 12.0. The summed E-state index contributed by atoms with van der Waals surface area (Å²) in [5, 5.41) is 3.10. The molecule has 6 nitrogen and oxygen atoms in total. The number of fused-ring (bicyclic) bond motifs is 1. The highest BCUT2D eigenvalue weighted by Gasteiger charge is 2.35. The van der Waals surface area contributed by atoms with E-state index >= 15 is 0 Å². The molecule has 17 heavy (non-hydrogen) atoms. The Bertz CT molecular complexity index is 552. The smallest absolute Gasteiger partial charge is 0.329 e. The van der Waals surface area contributed by atoms with Gasteiger partial charge in [-0.25, -0.2) is 4.79 Å². The van der Waals surface area contributed by atoms with Gasteiger partial charge in [0.1, 0.15) is 16.8 Å². The first-order chi connectivity index (χ1) is 8.10. The molecule has 0 aromatic carbocycles. The molecule has 0 saturated heterocycles. The molecule has 0 saturated carbocycles. The van der Waals surface area contributed by atoms with Crippen LogP contribution in [0.5, 0.6) is 0 Å². The first-order valence-electron chi connectivity index (χ1n) is 4.99. The molecule has 0 aliphatic carbocycles. The predicted molar refractivity (Wildman–Crippen MR) is 62.6 cm³/mol. The molecule has 0 unspecified atom stereocenters. The molecule has 1 aromatic heterocycles. The van der Waals surface area contributed by atoms with Gasteiger partial charge in [0.15, 0.2) is 0 Å². The lowest BCUT2D eigenvalue weighted by Crippen LogP contribution is -2.30. The van der Waals surface area contributed by atoms with E-state index in [9.17, 15) is 13.8 Å². The molecule has 1 aliphatic rings. The van der Waals surface area contributed by atoms with Crippen LogP contribution >= 0.6 is 0 Å². The second-order valence-corrected chi connectivity index (χ2v) is 5.00. The number of nitrogens with zero attached hydrogens (tertiary/aromatic N) is 1. The minimum absolute atomic E-state index is 0.0923. The Morgan fingerprint density at radius 3 is 2.88 bits per heavy atom. The Balaban J connectivity index is 2.62. The minimum atomic E-state index is -1.34. The van der Waals surface area contributed by atoms with E-state index in [2.05, 4.69) is 10.1 Å². The van der Waals surface area contributed by atoms with Crippen LogP contribution < -0.4 is 10.9 Å². The minimum Gasteiger partial charge on any atom is -0.467 e. The highest BCUT2D eigenvalue weighted by Crippen LogP contribution is 2.24. The lowest BCUT2D eigenvalue weighted by Gasteiger charge is -2.11.